The van der Waals surface area contributed by atoms with Crippen molar-refractivity contribution in [2.24, 2.45) is 0 Å². The standard InChI is InChI=1S/C14H20ClN3O2/c1-3-20-10-6-8-18(9-7-10)14(19)13-11(15)4-5-12(16-2)17-13/h4-5,10H,3,6-9H2,1-2H3,(H,16,17). The Balaban J connectivity index is 2.05. The Morgan fingerprint density at radius 3 is 2.80 bits per heavy atom. The van der Waals surface area contributed by atoms with Crippen LogP contribution in [0.3, 0.4) is 0 Å². The van der Waals surface area contributed by atoms with E-state index in [1.807, 2.05) is 6.92 Å². The fourth-order valence-electron chi connectivity index (χ4n) is 2.34. The van der Waals surface area contributed by atoms with Crippen LogP contribution < -0.4 is 5.32 Å². The third-order valence-electron chi connectivity index (χ3n) is 3.44. The monoisotopic (exact) mass is 297 g/mol. The van der Waals surface area contributed by atoms with Crippen molar-refractivity contribution in [1.29, 1.82) is 0 Å². The summed E-state index contributed by atoms with van der Waals surface area (Å²) < 4.78 is 5.59. The molecule has 2 heterocycles. The first-order valence-corrected chi connectivity index (χ1v) is 7.28. The van der Waals surface area contributed by atoms with Crippen LogP contribution in [0.4, 0.5) is 5.82 Å². The zero-order valence-electron chi connectivity index (χ0n) is 11.9. The summed E-state index contributed by atoms with van der Waals surface area (Å²) in [6, 6.07) is 3.45. The van der Waals surface area contributed by atoms with Gasteiger partial charge in [-0.3, -0.25) is 4.79 Å². The minimum Gasteiger partial charge on any atom is -0.378 e. The Labute approximate surface area is 124 Å². The first-order valence-electron chi connectivity index (χ1n) is 6.91. The SMILES string of the molecule is CCOC1CCN(C(=O)c2nc(NC)ccc2Cl)CC1. The third-order valence-corrected chi connectivity index (χ3v) is 3.74. The number of ether oxygens (including phenoxy) is 1. The van der Waals surface area contributed by atoms with Crippen LogP contribution in [-0.4, -0.2) is 48.6 Å². The van der Waals surface area contributed by atoms with Crippen molar-refractivity contribution in [1.82, 2.24) is 9.88 Å². The number of rotatable bonds is 4. The van der Waals surface area contributed by atoms with Crippen LogP contribution in [0.15, 0.2) is 12.1 Å². The fraction of sp³-hybridized carbons (Fsp3) is 0.571. The van der Waals surface area contributed by atoms with Crippen molar-refractivity contribution < 1.29 is 9.53 Å². The molecule has 2 rings (SSSR count). The van der Waals surface area contributed by atoms with E-state index < -0.39 is 0 Å². The molecule has 6 heteroatoms. The number of hydrogen-bond donors (Lipinski definition) is 1. The van der Waals surface area contributed by atoms with Gasteiger partial charge in [-0.1, -0.05) is 11.6 Å². The molecular formula is C14H20ClN3O2. The maximum absolute atomic E-state index is 12.5. The zero-order chi connectivity index (χ0) is 14.5. The van der Waals surface area contributed by atoms with Gasteiger partial charge in [0.2, 0.25) is 0 Å². The predicted molar refractivity (Wildman–Crippen MR) is 79.3 cm³/mol. The average molecular weight is 298 g/mol. The Kier molecular flexibility index (Phi) is 5.20. The first kappa shape index (κ1) is 15.1. The van der Waals surface area contributed by atoms with Crippen LogP contribution in [0.5, 0.6) is 0 Å². The number of likely N-dealkylation sites (tertiary alicyclic amines) is 1. The molecule has 0 bridgehead atoms. The van der Waals surface area contributed by atoms with Crippen molar-refractivity contribution in [2.45, 2.75) is 25.9 Å². The molecule has 0 aromatic carbocycles. The molecule has 1 saturated heterocycles. The van der Waals surface area contributed by atoms with Gasteiger partial charge < -0.3 is 15.0 Å². The second kappa shape index (κ2) is 6.90. The molecule has 1 amide bonds. The van der Waals surface area contributed by atoms with Crippen LogP contribution >= 0.6 is 11.6 Å². The van der Waals surface area contributed by atoms with E-state index in [9.17, 15) is 4.79 Å². The number of nitrogens with one attached hydrogen (secondary N) is 1. The molecule has 110 valence electrons. The van der Waals surface area contributed by atoms with E-state index in [1.54, 1.807) is 24.1 Å². The Bertz CT molecular complexity index is 473. The topological polar surface area (TPSA) is 54.5 Å². The summed E-state index contributed by atoms with van der Waals surface area (Å²) in [6.07, 6.45) is 1.99. The van der Waals surface area contributed by atoms with Gasteiger partial charge in [0.1, 0.15) is 11.5 Å². The number of anilines is 1. The van der Waals surface area contributed by atoms with Crippen molar-refractivity contribution in [3.8, 4) is 0 Å². The van der Waals surface area contributed by atoms with Gasteiger partial charge in [0.25, 0.3) is 5.91 Å². The van der Waals surface area contributed by atoms with Crippen molar-refractivity contribution >= 4 is 23.3 Å². The quantitative estimate of drug-likeness (QED) is 0.927. The lowest BCUT2D eigenvalue weighted by atomic mass is 10.1. The van der Waals surface area contributed by atoms with Gasteiger partial charge >= 0.3 is 0 Å². The number of carbonyl (C=O) groups excluding carboxylic acids is 1. The largest absolute Gasteiger partial charge is 0.378 e. The molecule has 0 aliphatic carbocycles. The number of amides is 1. The lowest BCUT2D eigenvalue weighted by Gasteiger charge is -2.31. The van der Waals surface area contributed by atoms with Crippen molar-refractivity contribution in [2.75, 3.05) is 32.1 Å². The van der Waals surface area contributed by atoms with Crippen molar-refractivity contribution in [3.63, 3.8) is 0 Å². The highest BCUT2D eigenvalue weighted by Gasteiger charge is 2.26. The zero-order valence-corrected chi connectivity index (χ0v) is 12.6. The predicted octanol–water partition coefficient (Wildman–Crippen LogP) is 2.42. The molecule has 0 unspecified atom stereocenters. The highest BCUT2D eigenvalue weighted by Crippen LogP contribution is 2.21. The summed E-state index contributed by atoms with van der Waals surface area (Å²) in [4.78, 5) is 18.5. The molecule has 1 aliphatic heterocycles. The van der Waals surface area contributed by atoms with E-state index >= 15 is 0 Å². The van der Waals surface area contributed by atoms with Gasteiger partial charge in [0.15, 0.2) is 0 Å². The highest BCUT2D eigenvalue weighted by atomic mass is 35.5. The molecule has 0 radical (unpaired) electrons. The van der Waals surface area contributed by atoms with Gasteiger partial charge in [-0.2, -0.15) is 0 Å². The smallest absolute Gasteiger partial charge is 0.274 e. The van der Waals surface area contributed by atoms with E-state index in [0.717, 1.165) is 19.4 Å². The van der Waals surface area contributed by atoms with Gasteiger partial charge in [-0.15, -0.1) is 0 Å². The molecule has 0 atom stereocenters. The fourth-order valence-corrected chi connectivity index (χ4v) is 2.53. The summed E-state index contributed by atoms with van der Waals surface area (Å²) >= 11 is 6.08. The van der Waals surface area contributed by atoms with Crippen LogP contribution in [0.2, 0.25) is 5.02 Å². The average Bonchev–Trinajstić information content (AvgIpc) is 2.48. The maximum Gasteiger partial charge on any atom is 0.274 e. The van der Waals surface area contributed by atoms with Gasteiger partial charge in [-0.25, -0.2) is 4.98 Å². The second-order valence-corrected chi connectivity index (χ2v) is 5.13. The van der Waals surface area contributed by atoms with E-state index in [2.05, 4.69) is 10.3 Å². The summed E-state index contributed by atoms with van der Waals surface area (Å²) in [5.41, 5.74) is 0.313. The Morgan fingerprint density at radius 2 is 2.20 bits per heavy atom. The van der Waals surface area contributed by atoms with E-state index in [1.165, 1.54) is 0 Å². The van der Waals surface area contributed by atoms with Gasteiger partial charge in [0, 0.05) is 26.7 Å². The van der Waals surface area contributed by atoms with Gasteiger partial charge in [-0.05, 0) is 31.9 Å². The molecule has 1 aromatic rings. The first-order chi connectivity index (χ1) is 9.65. The minimum absolute atomic E-state index is 0.109. The number of carbonyl (C=O) groups is 1. The number of halogens is 1. The number of nitrogens with zero attached hydrogens (tertiary/aromatic N) is 2. The molecule has 1 aromatic heterocycles. The molecular weight excluding hydrogens is 278 g/mol. The van der Waals surface area contributed by atoms with E-state index in [-0.39, 0.29) is 12.0 Å². The van der Waals surface area contributed by atoms with E-state index in [0.29, 0.717) is 29.6 Å². The molecule has 20 heavy (non-hydrogen) atoms. The van der Waals surface area contributed by atoms with Crippen LogP contribution in [0, 0.1) is 0 Å². The molecule has 1 aliphatic rings. The molecule has 0 spiro atoms. The molecule has 1 fully saturated rings. The highest BCUT2D eigenvalue weighted by molar-refractivity contribution is 6.33. The second-order valence-electron chi connectivity index (χ2n) is 4.72. The molecule has 1 N–H and O–H groups in total. The Hall–Kier alpha value is -1.33. The number of aromatic nitrogens is 1. The van der Waals surface area contributed by atoms with Crippen molar-refractivity contribution in [3.05, 3.63) is 22.8 Å². The Morgan fingerprint density at radius 1 is 1.50 bits per heavy atom. The van der Waals surface area contributed by atoms with Crippen LogP contribution in [0.1, 0.15) is 30.3 Å². The van der Waals surface area contributed by atoms with E-state index in [4.69, 9.17) is 16.3 Å². The number of piperidine rings is 1. The third kappa shape index (κ3) is 3.41. The lowest BCUT2D eigenvalue weighted by Crippen LogP contribution is -2.41. The minimum atomic E-state index is -0.109. The lowest BCUT2D eigenvalue weighted by molar-refractivity contribution is 0.0144. The summed E-state index contributed by atoms with van der Waals surface area (Å²) in [5, 5.41) is 3.31. The number of pyridine rings is 1. The van der Waals surface area contributed by atoms with Crippen LogP contribution in [0.25, 0.3) is 0 Å². The molecule has 0 saturated carbocycles. The maximum atomic E-state index is 12.5. The summed E-state index contributed by atoms with van der Waals surface area (Å²) in [7, 11) is 1.76. The summed E-state index contributed by atoms with van der Waals surface area (Å²) in [6.45, 7) is 4.08. The molecule has 5 nitrogen and oxygen atoms in total. The van der Waals surface area contributed by atoms with Crippen LogP contribution in [-0.2, 0) is 4.74 Å². The van der Waals surface area contributed by atoms with Gasteiger partial charge in [0.05, 0.1) is 11.1 Å². The summed E-state index contributed by atoms with van der Waals surface area (Å²) in [5.74, 6) is 0.531. The normalized spacial score (nSPS) is 16.2. The number of hydrogen-bond acceptors (Lipinski definition) is 4.